The summed E-state index contributed by atoms with van der Waals surface area (Å²) in [4.78, 5) is 0. The van der Waals surface area contributed by atoms with E-state index in [1.807, 2.05) is 18.2 Å². The van der Waals surface area contributed by atoms with Crippen molar-refractivity contribution < 1.29 is 5.21 Å². The Morgan fingerprint density at radius 3 is 2.92 bits per heavy atom. The molecule has 2 nitrogen and oxygen atoms in total. The van der Waals surface area contributed by atoms with Gasteiger partial charge in [0, 0.05) is 10.0 Å². The summed E-state index contributed by atoms with van der Waals surface area (Å²) < 4.78 is 1.11. The molecule has 3 heteroatoms. The molecule has 0 radical (unpaired) electrons. The second kappa shape index (κ2) is 2.90. The van der Waals surface area contributed by atoms with E-state index in [2.05, 4.69) is 21.1 Å². The van der Waals surface area contributed by atoms with E-state index in [1.54, 1.807) is 0 Å². The summed E-state index contributed by atoms with van der Waals surface area (Å²) in [6, 6.07) is 5.96. The number of nitrogens with zero attached hydrogens (tertiary/aromatic N) is 1. The van der Waals surface area contributed by atoms with E-state index in [-0.39, 0.29) is 0 Å². The van der Waals surface area contributed by atoms with Crippen molar-refractivity contribution in [2.24, 2.45) is 5.16 Å². The quantitative estimate of drug-likeness (QED) is 0.535. The van der Waals surface area contributed by atoms with Gasteiger partial charge in [-0.25, -0.2) is 0 Å². The van der Waals surface area contributed by atoms with E-state index in [4.69, 9.17) is 5.21 Å². The fraction of sp³-hybridized carbons (Fsp3) is 0.222. The Kier molecular flexibility index (Phi) is 1.89. The lowest BCUT2D eigenvalue weighted by Crippen LogP contribution is -1.93. The molecular formula is C9H8BrNO. The standard InChI is InChI=1S/C9H8BrNO/c10-8-3-1-2-7-6(8)4-5-9(7)11-12/h1-3,12H,4-5H2. The van der Waals surface area contributed by atoms with E-state index in [9.17, 15) is 0 Å². The summed E-state index contributed by atoms with van der Waals surface area (Å²) in [5.74, 6) is 0. The van der Waals surface area contributed by atoms with Crippen LogP contribution in [0.2, 0.25) is 0 Å². The maximum atomic E-state index is 8.68. The van der Waals surface area contributed by atoms with E-state index >= 15 is 0 Å². The van der Waals surface area contributed by atoms with Crippen LogP contribution in [-0.2, 0) is 6.42 Å². The molecule has 1 aliphatic carbocycles. The van der Waals surface area contributed by atoms with E-state index in [0.29, 0.717) is 0 Å². The van der Waals surface area contributed by atoms with Crippen LogP contribution in [-0.4, -0.2) is 10.9 Å². The van der Waals surface area contributed by atoms with Crippen molar-refractivity contribution in [1.82, 2.24) is 0 Å². The highest BCUT2D eigenvalue weighted by molar-refractivity contribution is 9.10. The Balaban J connectivity index is 2.61. The summed E-state index contributed by atoms with van der Waals surface area (Å²) in [5.41, 5.74) is 3.13. The van der Waals surface area contributed by atoms with Crippen LogP contribution in [0.15, 0.2) is 27.8 Å². The number of rotatable bonds is 0. The van der Waals surface area contributed by atoms with Gasteiger partial charge in [-0.3, -0.25) is 0 Å². The molecule has 0 fully saturated rings. The zero-order valence-electron chi connectivity index (χ0n) is 6.42. The van der Waals surface area contributed by atoms with Crippen molar-refractivity contribution in [2.45, 2.75) is 12.8 Å². The monoisotopic (exact) mass is 225 g/mol. The SMILES string of the molecule is ON=C1CCc2c(Br)cccc21. The van der Waals surface area contributed by atoms with Gasteiger partial charge in [-0.05, 0) is 24.5 Å². The highest BCUT2D eigenvalue weighted by Gasteiger charge is 2.19. The molecule has 1 aromatic carbocycles. The molecule has 12 heavy (non-hydrogen) atoms. The van der Waals surface area contributed by atoms with Crippen LogP contribution in [0.4, 0.5) is 0 Å². The number of halogens is 1. The summed E-state index contributed by atoms with van der Waals surface area (Å²) in [5, 5.41) is 11.9. The third-order valence-corrected chi connectivity index (χ3v) is 2.91. The van der Waals surface area contributed by atoms with Gasteiger partial charge in [0.05, 0.1) is 5.71 Å². The molecule has 0 amide bonds. The summed E-state index contributed by atoms with van der Waals surface area (Å²) in [6.45, 7) is 0. The highest BCUT2D eigenvalue weighted by atomic mass is 79.9. The van der Waals surface area contributed by atoms with Gasteiger partial charge in [0.2, 0.25) is 0 Å². The minimum Gasteiger partial charge on any atom is -0.411 e. The van der Waals surface area contributed by atoms with E-state index < -0.39 is 0 Å². The lowest BCUT2D eigenvalue weighted by molar-refractivity contribution is 0.318. The van der Waals surface area contributed by atoms with Crippen molar-refractivity contribution >= 4 is 21.6 Å². The normalized spacial score (nSPS) is 18.2. The van der Waals surface area contributed by atoms with Crippen LogP contribution in [0.1, 0.15) is 17.5 Å². The molecule has 0 unspecified atom stereocenters. The first-order valence-corrected chi connectivity index (χ1v) is 4.61. The van der Waals surface area contributed by atoms with Crippen LogP contribution in [0.3, 0.4) is 0 Å². The van der Waals surface area contributed by atoms with Gasteiger partial charge in [0.25, 0.3) is 0 Å². The van der Waals surface area contributed by atoms with E-state index in [1.165, 1.54) is 5.56 Å². The molecular weight excluding hydrogens is 218 g/mol. The predicted molar refractivity (Wildman–Crippen MR) is 50.8 cm³/mol. The maximum absolute atomic E-state index is 8.68. The van der Waals surface area contributed by atoms with Crippen LogP contribution < -0.4 is 0 Å². The van der Waals surface area contributed by atoms with Crippen molar-refractivity contribution in [3.63, 3.8) is 0 Å². The zero-order valence-corrected chi connectivity index (χ0v) is 8.00. The van der Waals surface area contributed by atoms with Gasteiger partial charge in [-0.2, -0.15) is 0 Å². The summed E-state index contributed by atoms with van der Waals surface area (Å²) in [6.07, 6.45) is 1.81. The fourth-order valence-electron chi connectivity index (χ4n) is 1.57. The van der Waals surface area contributed by atoms with Crippen LogP contribution >= 0.6 is 15.9 Å². The fourth-order valence-corrected chi connectivity index (χ4v) is 2.13. The first-order chi connectivity index (χ1) is 5.83. The molecule has 0 spiro atoms. The molecule has 1 aromatic rings. The second-order valence-electron chi connectivity index (χ2n) is 2.81. The third kappa shape index (κ3) is 1.05. The maximum Gasteiger partial charge on any atom is 0.0874 e. The van der Waals surface area contributed by atoms with Gasteiger partial charge in [0.15, 0.2) is 0 Å². The number of oxime groups is 1. The van der Waals surface area contributed by atoms with Gasteiger partial charge in [-0.1, -0.05) is 33.2 Å². The summed E-state index contributed by atoms with van der Waals surface area (Å²) >= 11 is 3.47. The first-order valence-electron chi connectivity index (χ1n) is 3.81. The van der Waals surface area contributed by atoms with Crippen molar-refractivity contribution in [3.8, 4) is 0 Å². The Labute approximate surface area is 79.0 Å². The molecule has 2 rings (SSSR count). The third-order valence-electron chi connectivity index (χ3n) is 2.16. The average Bonchev–Trinajstić information content (AvgIpc) is 2.49. The smallest absolute Gasteiger partial charge is 0.0874 e. The number of fused-ring (bicyclic) bond motifs is 1. The topological polar surface area (TPSA) is 32.6 Å². The predicted octanol–water partition coefficient (Wildman–Crippen LogP) is 2.57. The average molecular weight is 226 g/mol. The van der Waals surface area contributed by atoms with Gasteiger partial charge in [0.1, 0.15) is 0 Å². The lowest BCUT2D eigenvalue weighted by Gasteiger charge is -1.99. The molecule has 0 bridgehead atoms. The summed E-state index contributed by atoms with van der Waals surface area (Å²) in [7, 11) is 0. The van der Waals surface area contributed by atoms with Crippen LogP contribution in [0.5, 0.6) is 0 Å². The molecule has 0 aliphatic heterocycles. The second-order valence-corrected chi connectivity index (χ2v) is 3.67. The highest BCUT2D eigenvalue weighted by Crippen LogP contribution is 2.28. The zero-order chi connectivity index (χ0) is 8.55. The Morgan fingerprint density at radius 2 is 2.17 bits per heavy atom. The lowest BCUT2D eigenvalue weighted by atomic mass is 10.1. The van der Waals surface area contributed by atoms with Gasteiger partial charge < -0.3 is 5.21 Å². The molecule has 0 saturated carbocycles. The Morgan fingerprint density at radius 1 is 1.33 bits per heavy atom. The largest absolute Gasteiger partial charge is 0.411 e. The molecule has 1 N–H and O–H groups in total. The molecule has 62 valence electrons. The van der Waals surface area contributed by atoms with Crippen molar-refractivity contribution in [2.75, 3.05) is 0 Å². The van der Waals surface area contributed by atoms with Gasteiger partial charge in [-0.15, -0.1) is 0 Å². The Hall–Kier alpha value is -0.830. The number of hydrogen-bond donors (Lipinski definition) is 1. The minimum absolute atomic E-state index is 0.798. The van der Waals surface area contributed by atoms with Crippen LogP contribution in [0, 0.1) is 0 Å². The molecule has 0 atom stereocenters. The number of benzene rings is 1. The first kappa shape index (κ1) is 7.80. The van der Waals surface area contributed by atoms with Crippen molar-refractivity contribution in [3.05, 3.63) is 33.8 Å². The Bertz CT molecular complexity index is 346. The van der Waals surface area contributed by atoms with Gasteiger partial charge >= 0.3 is 0 Å². The molecule has 1 aliphatic rings. The molecule has 0 aromatic heterocycles. The van der Waals surface area contributed by atoms with E-state index in [0.717, 1.165) is 28.6 Å². The minimum atomic E-state index is 0.798. The number of hydrogen-bond acceptors (Lipinski definition) is 2. The molecule has 0 saturated heterocycles. The molecule has 0 heterocycles. The van der Waals surface area contributed by atoms with Crippen molar-refractivity contribution in [1.29, 1.82) is 0 Å². The van der Waals surface area contributed by atoms with Crippen LogP contribution in [0.25, 0.3) is 0 Å².